The molecular weight excluding hydrogens is 246 g/mol. The second-order valence-electron chi connectivity index (χ2n) is 3.98. The summed E-state index contributed by atoms with van der Waals surface area (Å²) in [6, 6.07) is 0. The highest BCUT2D eigenvalue weighted by Gasteiger charge is 2.18. The number of aliphatic hydroxyl groups is 2. The minimum atomic E-state index is -0.211. The third-order valence-corrected chi connectivity index (χ3v) is 2.93. The number of likely N-dealkylation sites (N-methyl/N-ethyl adjacent to an activating group) is 1. The molecular formula is C14H34NO4+. The number of nitrogens with zero attached hydrogens (tertiary/aromatic N) is 1. The van der Waals surface area contributed by atoms with Crippen LogP contribution in [-0.4, -0.2) is 66.7 Å². The molecule has 0 fully saturated rings. The van der Waals surface area contributed by atoms with E-state index < -0.39 is 0 Å². The third kappa shape index (κ3) is 17.4. The second-order valence-corrected chi connectivity index (χ2v) is 3.98. The van der Waals surface area contributed by atoms with E-state index in [-0.39, 0.29) is 12.6 Å². The summed E-state index contributed by atoms with van der Waals surface area (Å²) in [6.45, 7) is 16.8. The Labute approximate surface area is 118 Å². The van der Waals surface area contributed by atoms with Gasteiger partial charge in [0, 0.05) is 13.5 Å². The van der Waals surface area contributed by atoms with E-state index in [1.165, 1.54) is 6.92 Å². The van der Waals surface area contributed by atoms with Crippen molar-refractivity contribution < 1.29 is 24.2 Å². The molecule has 0 rings (SSSR count). The second kappa shape index (κ2) is 17.4. The molecule has 0 aromatic carbocycles. The Morgan fingerprint density at radius 2 is 1.37 bits per heavy atom. The number of rotatable bonds is 6. The van der Waals surface area contributed by atoms with E-state index in [0.29, 0.717) is 13.2 Å². The molecule has 0 aromatic rings. The molecule has 0 aliphatic heterocycles. The van der Waals surface area contributed by atoms with E-state index in [2.05, 4.69) is 25.5 Å². The number of carbonyl (C=O) groups is 1. The van der Waals surface area contributed by atoms with Crippen LogP contribution in [0.4, 0.5) is 0 Å². The van der Waals surface area contributed by atoms with Gasteiger partial charge in [-0.15, -0.1) is 0 Å². The van der Waals surface area contributed by atoms with Gasteiger partial charge in [0.05, 0.1) is 32.8 Å². The van der Waals surface area contributed by atoms with Crippen LogP contribution in [0.2, 0.25) is 0 Å². The molecule has 0 radical (unpaired) electrons. The van der Waals surface area contributed by atoms with E-state index in [1.807, 2.05) is 0 Å². The minimum Gasteiger partial charge on any atom is -0.466 e. The van der Waals surface area contributed by atoms with Crippen LogP contribution in [0.1, 0.15) is 41.5 Å². The number of hydrogen-bond acceptors (Lipinski definition) is 4. The topological polar surface area (TPSA) is 66.8 Å². The van der Waals surface area contributed by atoms with Crippen LogP contribution in [0, 0.1) is 0 Å². The van der Waals surface area contributed by atoms with Gasteiger partial charge in [-0.2, -0.15) is 0 Å². The molecule has 0 atom stereocenters. The van der Waals surface area contributed by atoms with Gasteiger partial charge in [0.15, 0.2) is 0 Å². The maximum atomic E-state index is 9.82. The highest BCUT2D eigenvalue weighted by molar-refractivity contribution is 5.65. The van der Waals surface area contributed by atoms with Gasteiger partial charge in [0.2, 0.25) is 0 Å². The Morgan fingerprint density at radius 3 is 1.42 bits per heavy atom. The van der Waals surface area contributed by atoms with Crippen LogP contribution in [0.3, 0.4) is 0 Å². The average Bonchev–Trinajstić information content (AvgIpc) is 2.38. The van der Waals surface area contributed by atoms with Crippen molar-refractivity contribution >= 4 is 5.97 Å². The van der Waals surface area contributed by atoms with Crippen LogP contribution in [0.15, 0.2) is 0 Å². The van der Waals surface area contributed by atoms with E-state index >= 15 is 0 Å². The van der Waals surface area contributed by atoms with E-state index in [9.17, 15) is 4.79 Å². The summed E-state index contributed by atoms with van der Waals surface area (Å²) in [5, 5.41) is 16.3. The third-order valence-electron chi connectivity index (χ3n) is 2.93. The van der Waals surface area contributed by atoms with Gasteiger partial charge in [-0.25, -0.2) is 0 Å². The fourth-order valence-electron chi connectivity index (χ4n) is 1.56. The monoisotopic (exact) mass is 280 g/mol. The number of carbonyl (C=O) groups excluding carboxylic acids is 1. The van der Waals surface area contributed by atoms with Crippen molar-refractivity contribution in [2.24, 2.45) is 0 Å². The zero-order valence-electron chi connectivity index (χ0n) is 13.6. The molecule has 0 aliphatic rings. The molecule has 118 valence electrons. The summed E-state index contributed by atoms with van der Waals surface area (Å²) < 4.78 is 5.45. The van der Waals surface area contributed by atoms with E-state index in [4.69, 9.17) is 10.2 Å². The predicted molar refractivity (Wildman–Crippen MR) is 78.9 cm³/mol. The number of quaternary nitrogens is 1. The lowest BCUT2D eigenvalue weighted by atomic mass is 10.3. The Bertz CT molecular complexity index is 174. The number of aliphatic hydroxyl groups excluding tert-OH is 2. The highest BCUT2D eigenvalue weighted by atomic mass is 16.5. The molecule has 0 aromatic heterocycles. The predicted octanol–water partition coefficient (Wildman–Crippen LogP) is 1.42. The SMILES string of the molecule is CCO.CCOC(C)=O.CC[N+](CC)(CC)CCO. The Hall–Kier alpha value is -0.650. The molecule has 0 amide bonds. The van der Waals surface area contributed by atoms with Crippen LogP contribution >= 0.6 is 0 Å². The smallest absolute Gasteiger partial charge is 0.302 e. The van der Waals surface area contributed by atoms with Gasteiger partial charge >= 0.3 is 5.97 Å². The summed E-state index contributed by atoms with van der Waals surface area (Å²) in [7, 11) is 0. The van der Waals surface area contributed by atoms with Crippen molar-refractivity contribution in [2.75, 3.05) is 46.0 Å². The normalized spacial score (nSPS) is 9.68. The Morgan fingerprint density at radius 1 is 1.00 bits per heavy atom. The number of ether oxygens (including phenoxy) is 1. The first-order valence-electron chi connectivity index (χ1n) is 7.13. The largest absolute Gasteiger partial charge is 0.466 e. The van der Waals surface area contributed by atoms with Gasteiger partial charge < -0.3 is 19.4 Å². The highest BCUT2D eigenvalue weighted by Crippen LogP contribution is 2.03. The van der Waals surface area contributed by atoms with Crippen molar-refractivity contribution in [2.45, 2.75) is 41.5 Å². The van der Waals surface area contributed by atoms with Crippen molar-refractivity contribution in [3.05, 3.63) is 0 Å². The number of esters is 1. The van der Waals surface area contributed by atoms with Crippen molar-refractivity contribution in [1.82, 2.24) is 0 Å². The van der Waals surface area contributed by atoms with Gasteiger partial charge in [-0.1, -0.05) is 0 Å². The van der Waals surface area contributed by atoms with Crippen molar-refractivity contribution in [3.8, 4) is 0 Å². The first-order valence-corrected chi connectivity index (χ1v) is 7.13. The maximum absolute atomic E-state index is 9.82. The molecule has 0 saturated carbocycles. The van der Waals surface area contributed by atoms with Gasteiger partial charge in [0.1, 0.15) is 6.54 Å². The minimum absolute atomic E-state index is 0.211. The molecule has 0 unspecified atom stereocenters. The zero-order valence-corrected chi connectivity index (χ0v) is 13.6. The van der Waals surface area contributed by atoms with E-state index in [1.54, 1.807) is 13.8 Å². The van der Waals surface area contributed by atoms with Gasteiger partial charge in [-0.05, 0) is 34.6 Å². The molecule has 5 heteroatoms. The van der Waals surface area contributed by atoms with Crippen molar-refractivity contribution in [3.63, 3.8) is 0 Å². The Kier molecular flexibility index (Phi) is 21.4. The molecule has 5 nitrogen and oxygen atoms in total. The molecule has 0 heterocycles. The Balaban J connectivity index is -0.000000242. The maximum Gasteiger partial charge on any atom is 0.302 e. The van der Waals surface area contributed by atoms with Crippen LogP contribution in [0.25, 0.3) is 0 Å². The van der Waals surface area contributed by atoms with Gasteiger partial charge in [0.25, 0.3) is 0 Å². The lowest BCUT2D eigenvalue weighted by Gasteiger charge is -2.34. The zero-order chi connectivity index (χ0) is 15.7. The van der Waals surface area contributed by atoms with Crippen LogP contribution in [-0.2, 0) is 9.53 Å². The fourth-order valence-corrected chi connectivity index (χ4v) is 1.56. The first kappa shape index (κ1) is 23.4. The lowest BCUT2D eigenvalue weighted by molar-refractivity contribution is -0.923. The van der Waals surface area contributed by atoms with Crippen LogP contribution in [0.5, 0.6) is 0 Å². The van der Waals surface area contributed by atoms with Gasteiger partial charge in [-0.3, -0.25) is 4.79 Å². The molecule has 0 bridgehead atoms. The molecule has 19 heavy (non-hydrogen) atoms. The van der Waals surface area contributed by atoms with E-state index in [0.717, 1.165) is 30.7 Å². The fraction of sp³-hybridized carbons (Fsp3) is 0.929. The summed E-state index contributed by atoms with van der Waals surface area (Å²) in [6.07, 6.45) is 0. The molecule has 2 N–H and O–H groups in total. The summed E-state index contributed by atoms with van der Waals surface area (Å²) in [4.78, 5) is 9.82. The summed E-state index contributed by atoms with van der Waals surface area (Å²) in [5.41, 5.74) is 0. The lowest BCUT2D eigenvalue weighted by Crippen LogP contribution is -2.49. The molecule has 0 saturated heterocycles. The van der Waals surface area contributed by atoms with Crippen molar-refractivity contribution in [1.29, 1.82) is 0 Å². The molecule has 0 spiro atoms. The first-order chi connectivity index (χ1) is 8.93. The quantitative estimate of drug-likeness (QED) is 0.570. The average molecular weight is 280 g/mol. The summed E-state index contributed by atoms with van der Waals surface area (Å²) in [5.74, 6) is -0.211. The molecule has 0 aliphatic carbocycles. The number of hydrogen-bond donors (Lipinski definition) is 2. The van der Waals surface area contributed by atoms with Crippen LogP contribution < -0.4 is 0 Å². The summed E-state index contributed by atoms with van der Waals surface area (Å²) >= 11 is 0. The standard InChI is InChI=1S/C8H20NO.C4H8O2.C2H6O/c1-4-9(5-2,6-3)7-8-10;1-3-6-4(2)5;1-2-3/h10H,4-8H2,1-3H3;3H2,1-2H3;3H,2H2,1H3/q+1;;.